The lowest BCUT2D eigenvalue weighted by Gasteiger charge is -2.47. The maximum Gasteiger partial charge on any atom is 0.248 e. The molecule has 2 aliphatic carbocycles. The van der Waals surface area contributed by atoms with Gasteiger partial charge in [0, 0.05) is 23.9 Å². The van der Waals surface area contributed by atoms with E-state index in [0.717, 1.165) is 37.7 Å². The van der Waals surface area contributed by atoms with Crippen LogP contribution >= 0.6 is 0 Å². The van der Waals surface area contributed by atoms with E-state index in [2.05, 4.69) is 13.0 Å². The van der Waals surface area contributed by atoms with E-state index in [1.54, 1.807) is 0 Å². The van der Waals surface area contributed by atoms with Crippen LogP contribution in [0.4, 0.5) is 10.1 Å². The SMILES string of the molecule is CC1CC2(CCCC2)N2C(=O)C3(C(C#N)=C(N)OC4=C3C(=O)CCC4)c3cc(F)cc1c32. The predicted octanol–water partition coefficient (Wildman–Crippen LogP) is 3.96. The number of carbonyl (C=O) groups is 2. The summed E-state index contributed by atoms with van der Waals surface area (Å²) in [6, 6.07) is 4.91. The summed E-state index contributed by atoms with van der Waals surface area (Å²) in [5, 5.41) is 10.2. The normalized spacial score (nSPS) is 30.0. The molecule has 1 saturated carbocycles. The van der Waals surface area contributed by atoms with Crippen LogP contribution < -0.4 is 10.6 Å². The third-order valence-corrected chi connectivity index (χ3v) is 8.19. The molecule has 1 amide bonds. The predicted molar refractivity (Wildman–Crippen MR) is 114 cm³/mol. The van der Waals surface area contributed by atoms with Crippen LogP contribution in [0.25, 0.3) is 0 Å². The molecule has 6 nitrogen and oxygen atoms in total. The average Bonchev–Trinajstić information content (AvgIpc) is 3.30. The second-order valence-corrected chi connectivity index (χ2v) is 9.85. The van der Waals surface area contributed by atoms with Crippen LogP contribution in [0.1, 0.15) is 75.3 Å². The fourth-order valence-corrected chi connectivity index (χ4v) is 7.05. The van der Waals surface area contributed by atoms with Gasteiger partial charge in [-0.2, -0.15) is 5.26 Å². The van der Waals surface area contributed by atoms with Crippen molar-refractivity contribution in [2.24, 2.45) is 5.73 Å². The third kappa shape index (κ3) is 2.08. The largest absolute Gasteiger partial charge is 0.444 e. The Labute approximate surface area is 185 Å². The lowest BCUT2D eigenvalue weighted by Crippen LogP contribution is -2.57. The van der Waals surface area contributed by atoms with Crippen molar-refractivity contribution in [1.29, 1.82) is 5.26 Å². The summed E-state index contributed by atoms with van der Waals surface area (Å²) in [4.78, 5) is 29.7. The molecule has 2 unspecified atom stereocenters. The minimum Gasteiger partial charge on any atom is -0.444 e. The van der Waals surface area contributed by atoms with Gasteiger partial charge in [0.1, 0.15) is 28.6 Å². The molecule has 2 N–H and O–H groups in total. The molecule has 3 heterocycles. The van der Waals surface area contributed by atoms with Crippen LogP contribution in [-0.2, 0) is 19.7 Å². The number of anilines is 1. The molecule has 0 aromatic heterocycles. The van der Waals surface area contributed by atoms with E-state index in [-0.39, 0.29) is 46.6 Å². The molecule has 1 fully saturated rings. The second kappa shape index (κ2) is 6.22. The first-order valence-corrected chi connectivity index (χ1v) is 11.4. The van der Waals surface area contributed by atoms with E-state index in [4.69, 9.17) is 10.5 Å². The number of nitrogens with two attached hydrogens (primary N) is 1. The van der Waals surface area contributed by atoms with Gasteiger partial charge >= 0.3 is 0 Å². The highest BCUT2D eigenvalue weighted by Crippen LogP contribution is 2.63. The van der Waals surface area contributed by atoms with Crippen LogP contribution in [0, 0.1) is 17.1 Å². The number of nitriles is 1. The van der Waals surface area contributed by atoms with Crippen molar-refractivity contribution >= 4 is 17.4 Å². The standard InChI is InChI=1S/C25H24FN3O3/c1-13-11-24(7-2-3-8-24)29-21-15(13)9-14(26)10-16(21)25(23(29)31)17(12-27)22(28)32-19-6-4-5-18(30)20(19)25/h9-10,13H,2-8,11,28H2,1H3. The Hall–Kier alpha value is -3.14. The number of ether oxygens (including phenoxy) is 1. The molecule has 164 valence electrons. The van der Waals surface area contributed by atoms with E-state index in [1.807, 2.05) is 4.90 Å². The third-order valence-electron chi connectivity index (χ3n) is 8.19. The van der Waals surface area contributed by atoms with E-state index < -0.39 is 11.2 Å². The quantitative estimate of drug-likeness (QED) is 0.668. The van der Waals surface area contributed by atoms with Gasteiger partial charge in [0.05, 0.1) is 11.3 Å². The zero-order chi connectivity index (χ0) is 22.4. The van der Waals surface area contributed by atoms with Crippen LogP contribution in [0.2, 0.25) is 0 Å². The Morgan fingerprint density at radius 2 is 1.97 bits per heavy atom. The number of nitrogens with zero attached hydrogens (tertiary/aromatic N) is 2. The van der Waals surface area contributed by atoms with Crippen molar-refractivity contribution in [2.45, 2.75) is 75.2 Å². The highest BCUT2D eigenvalue weighted by Gasteiger charge is 2.66. The summed E-state index contributed by atoms with van der Waals surface area (Å²) in [5.41, 5.74) is 5.97. The van der Waals surface area contributed by atoms with Crippen LogP contribution in [-0.4, -0.2) is 17.2 Å². The highest BCUT2D eigenvalue weighted by molar-refractivity contribution is 6.21. The topological polar surface area (TPSA) is 96.4 Å². The van der Waals surface area contributed by atoms with E-state index in [0.29, 0.717) is 29.9 Å². The molecule has 7 heteroatoms. The minimum atomic E-state index is -1.73. The number of rotatable bonds is 0. The van der Waals surface area contributed by atoms with Crippen molar-refractivity contribution in [3.05, 3.63) is 51.9 Å². The van der Waals surface area contributed by atoms with Crippen molar-refractivity contribution in [1.82, 2.24) is 0 Å². The van der Waals surface area contributed by atoms with Crippen molar-refractivity contribution in [2.75, 3.05) is 4.90 Å². The Morgan fingerprint density at radius 1 is 1.22 bits per heavy atom. The summed E-state index contributed by atoms with van der Waals surface area (Å²) in [6.45, 7) is 2.07. The molecule has 2 atom stereocenters. The van der Waals surface area contributed by atoms with Crippen LogP contribution in [0.15, 0.2) is 34.9 Å². The fourth-order valence-electron chi connectivity index (χ4n) is 7.05. The zero-order valence-corrected chi connectivity index (χ0v) is 18.0. The van der Waals surface area contributed by atoms with Gasteiger partial charge in [-0.3, -0.25) is 9.59 Å². The smallest absolute Gasteiger partial charge is 0.248 e. The Balaban J connectivity index is 1.76. The number of halogens is 1. The van der Waals surface area contributed by atoms with Crippen molar-refractivity contribution in [3.8, 4) is 6.07 Å². The van der Waals surface area contributed by atoms with Gasteiger partial charge in [0.25, 0.3) is 0 Å². The fraction of sp³-hybridized carbons (Fsp3) is 0.480. The first-order chi connectivity index (χ1) is 15.3. The lowest BCUT2D eigenvalue weighted by molar-refractivity contribution is -0.125. The number of fused-ring (bicyclic) bond motifs is 3. The number of allylic oxidation sites excluding steroid dienone is 1. The first kappa shape index (κ1) is 19.5. The van der Waals surface area contributed by atoms with Gasteiger partial charge in [-0.25, -0.2) is 4.39 Å². The molecule has 3 aliphatic heterocycles. The maximum absolute atomic E-state index is 15.0. The molecule has 6 rings (SSSR count). The maximum atomic E-state index is 15.0. The number of benzene rings is 1. The molecular weight excluding hydrogens is 409 g/mol. The van der Waals surface area contributed by atoms with Crippen LogP contribution in [0.5, 0.6) is 0 Å². The molecule has 1 aromatic rings. The molecule has 1 aromatic carbocycles. The van der Waals surface area contributed by atoms with Gasteiger partial charge in [-0.15, -0.1) is 0 Å². The van der Waals surface area contributed by atoms with Gasteiger partial charge in [0.2, 0.25) is 11.8 Å². The molecule has 0 bridgehead atoms. The Bertz CT molecular complexity index is 1220. The lowest BCUT2D eigenvalue weighted by atomic mass is 9.65. The molecular formula is C25H24FN3O3. The summed E-state index contributed by atoms with van der Waals surface area (Å²) >= 11 is 0. The van der Waals surface area contributed by atoms with Gasteiger partial charge in [-0.1, -0.05) is 19.8 Å². The van der Waals surface area contributed by atoms with Crippen LogP contribution in [0.3, 0.4) is 0 Å². The number of Topliss-reactive ketones (excluding diaryl/α,β-unsaturated/α-hetero) is 1. The Kier molecular flexibility index (Phi) is 3.80. The van der Waals surface area contributed by atoms with E-state index in [9.17, 15) is 14.9 Å². The highest BCUT2D eigenvalue weighted by atomic mass is 19.1. The number of carbonyl (C=O) groups excluding carboxylic acids is 2. The zero-order valence-electron chi connectivity index (χ0n) is 18.0. The molecule has 0 saturated heterocycles. The molecule has 5 aliphatic rings. The molecule has 32 heavy (non-hydrogen) atoms. The van der Waals surface area contributed by atoms with Gasteiger partial charge in [0.15, 0.2) is 5.78 Å². The van der Waals surface area contributed by atoms with Gasteiger partial charge < -0.3 is 15.4 Å². The first-order valence-electron chi connectivity index (χ1n) is 11.4. The number of hydrogen-bond donors (Lipinski definition) is 1. The minimum absolute atomic E-state index is 0.0546. The summed E-state index contributed by atoms with van der Waals surface area (Å²) in [6.07, 6.45) is 5.76. The average molecular weight is 433 g/mol. The number of hydrogen-bond acceptors (Lipinski definition) is 5. The van der Waals surface area contributed by atoms with Gasteiger partial charge in [-0.05, 0) is 49.3 Å². The second-order valence-electron chi connectivity index (χ2n) is 9.85. The number of ketones is 1. The van der Waals surface area contributed by atoms with Crippen molar-refractivity contribution < 1.29 is 18.7 Å². The van der Waals surface area contributed by atoms with Crippen molar-refractivity contribution in [3.63, 3.8) is 0 Å². The summed E-state index contributed by atoms with van der Waals surface area (Å²) in [7, 11) is 0. The van der Waals surface area contributed by atoms with E-state index in [1.165, 1.54) is 12.1 Å². The summed E-state index contributed by atoms with van der Waals surface area (Å²) in [5.74, 6) is -0.822. The molecule has 0 radical (unpaired) electrons. The van der Waals surface area contributed by atoms with E-state index >= 15 is 4.39 Å². The molecule has 2 spiro atoms. The number of amides is 1. The monoisotopic (exact) mass is 433 g/mol. The summed E-state index contributed by atoms with van der Waals surface area (Å²) < 4.78 is 20.8. The Morgan fingerprint density at radius 3 is 2.69 bits per heavy atom.